The van der Waals surface area contributed by atoms with E-state index in [2.05, 4.69) is 4.90 Å². The van der Waals surface area contributed by atoms with Gasteiger partial charge in [0.1, 0.15) is 11.6 Å². The van der Waals surface area contributed by atoms with Crippen LogP contribution in [0.15, 0.2) is 48.5 Å². The second-order valence-corrected chi connectivity index (χ2v) is 9.87. The van der Waals surface area contributed by atoms with E-state index < -0.39 is 23.2 Å². The third kappa shape index (κ3) is 5.38. The largest absolute Gasteiger partial charge is 0.384 e. The van der Waals surface area contributed by atoms with Gasteiger partial charge in [-0.3, -0.25) is 9.69 Å². The number of carbonyl (C=O) groups is 1. The summed E-state index contributed by atoms with van der Waals surface area (Å²) in [4.78, 5) is 17.7. The number of aliphatic hydroxyl groups is 1. The van der Waals surface area contributed by atoms with Crippen molar-refractivity contribution in [3.05, 3.63) is 71.3 Å². The minimum Gasteiger partial charge on any atom is -0.384 e. The second-order valence-electron chi connectivity index (χ2n) is 9.87. The third-order valence-electron chi connectivity index (χ3n) is 7.73. The van der Waals surface area contributed by atoms with Gasteiger partial charge in [-0.05, 0) is 17.2 Å². The smallest absolute Gasteiger partial charge is 0.227 e. The van der Waals surface area contributed by atoms with Crippen LogP contribution in [0.2, 0.25) is 0 Å². The van der Waals surface area contributed by atoms with Crippen molar-refractivity contribution < 1.29 is 23.4 Å². The lowest BCUT2D eigenvalue weighted by atomic mass is 9.70. The number of hydrogen-bond acceptors (Lipinski definition) is 4. The summed E-state index contributed by atoms with van der Waals surface area (Å²) in [5.74, 6) is -2.44. The first-order chi connectivity index (χ1) is 16.3. The van der Waals surface area contributed by atoms with Crippen LogP contribution in [-0.2, 0) is 15.1 Å². The molecule has 5 nitrogen and oxygen atoms in total. The number of methoxy groups -OCH3 is 1. The van der Waals surface area contributed by atoms with Gasteiger partial charge in [-0.15, -0.1) is 12.4 Å². The van der Waals surface area contributed by atoms with E-state index in [9.17, 15) is 18.7 Å². The fourth-order valence-electron chi connectivity index (χ4n) is 5.84. The lowest BCUT2D eigenvalue weighted by Crippen LogP contribution is -2.57. The third-order valence-corrected chi connectivity index (χ3v) is 7.73. The minimum absolute atomic E-state index is 0. The van der Waals surface area contributed by atoms with Crippen LogP contribution < -0.4 is 0 Å². The average molecular weight is 509 g/mol. The SMILES string of the molecule is COCCN1C[C@@H](C(=O)N2CC(C)C(O)(c3ccccc3)C(C)C2)[C@H](c2ccc(F)cc2F)C1.Cl. The molecule has 0 radical (unpaired) electrons. The molecule has 2 aliphatic heterocycles. The number of nitrogens with zero attached hydrogens (tertiary/aromatic N) is 2. The van der Waals surface area contributed by atoms with E-state index in [0.717, 1.165) is 11.6 Å². The molecule has 192 valence electrons. The number of hydrogen-bond donors (Lipinski definition) is 1. The highest BCUT2D eigenvalue weighted by Gasteiger charge is 2.49. The standard InChI is InChI=1S/C27H34F2N2O3.ClH/c1-18-14-31(15-19(2)27(18,33)20-7-5-4-6-8-20)26(32)24-17-30(11-12-34-3)16-23(24)22-10-9-21(28)13-25(22)29;/h4-10,13,18-19,23-24,33H,11-12,14-17H2,1-3H3;1H/t18?,19?,23-,24+,27?;/m0./s1. The van der Waals surface area contributed by atoms with Crippen molar-refractivity contribution in [2.45, 2.75) is 25.4 Å². The van der Waals surface area contributed by atoms with Gasteiger partial charge in [0.05, 0.1) is 18.1 Å². The number of amides is 1. The lowest BCUT2D eigenvalue weighted by molar-refractivity contribution is -0.152. The first-order valence-corrected chi connectivity index (χ1v) is 12.0. The molecule has 4 rings (SSSR count). The molecule has 2 fully saturated rings. The lowest BCUT2D eigenvalue weighted by Gasteiger charge is -2.48. The Labute approximate surface area is 212 Å². The van der Waals surface area contributed by atoms with Crippen LogP contribution in [0.4, 0.5) is 8.78 Å². The number of rotatable bonds is 6. The van der Waals surface area contributed by atoms with Gasteiger partial charge in [-0.2, -0.15) is 0 Å². The molecular weight excluding hydrogens is 474 g/mol. The van der Waals surface area contributed by atoms with Crippen molar-refractivity contribution in [2.24, 2.45) is 17.8 Å². The monoisotopic (exact) mass is 508 g/mol. The Hall–Kier alpha value is -2.06. The summed E-state index contributed by atoms with van der Waals surface area (Å²) in [6, 6.07) is 13.2. The van der Waals surface area contributed by atoms with Gasteiger partial charge in [-0.1, -0.05) is 50.2 Å². The molecule has 0 aliphatic carbocycles. The number of benzene rings is 2. The zero-order valence-corrected chi connectivity index (χ0v) is 21.3. The number of likely N-dealkylation sites (tertiary alicyclic amines) is 2. The first-order valence-electron chi connectivity index (χ1n) is 12.0. The molecule has 2 saturated heterocycles. The van der Waals surface area contributed by atoms with E-state index in [4.69, 9.17) is 4.74 Å². The maximum atomic E-state index is 14.7. The fourth-order valence-corrected chi connectivity index (χ4v) is 5.84. The molecule has 0 saturated carbocycles. The molecular formula is C27H35ClF2N2O3. The van der Waals surface area contributed by atoms with Crippen LogP contribution in [0, 0.1) is 29.4 Å². The Bertz CT molecular complexity index is 997. The predicted octanol–water partition coefficient (Wildman–Crippen LogP) is 4.05. The number of ether oxygens (including phenoxy) is 1. The normalized spacial score (nSPS) is 29.1. The zero-order chi connectivity index (χ0) is 24.5. The van der Waals surface area contributed by atoms with E-state index in [1.54, 1.807) is 7.11 Å². The van der Waals surface area contributed by atoms with Gasteiger partial charge in [0, 0.05) is 63.7 Å². The first kappa shape index (κ1) is 27.5. The Balaban J connectivity index is 0.00000342. The highest BCUT2D eigenvalue weighted by atomic mass is 35.5. The maximum absolute atomic E-state index is 14.7. The topological polar surface area (TPSA) is 53.0 Å². The molecule has 2 aromatic rings. The van der Waals surface area contributed by atoms with Gasteiger partial charge in [0.2, 0.25) is 5.91 Å². The molecule has 4 atom stereocenters. The molecule has 1 N–H and O–H groups in total. The molecule has 2 aliphatic rings. The van der Waals surface area contributed by atoms with E-state index in [1.165, 1.54) is 12.1 Å². The predicted molar refractivity (Wildman–Crippen MR) is 133 cm³/mol. The van der Waals surface area contributed by atoms with Gasteiger partial charge in [0.25, 0.3) is 0 Å². The van der Waals surface area contributed by atoms with Crippen molar-refractivity contribution in [3.63, 3.8) is 0 Å². The number of halogens is 3. The molecule has 0 aromatic heterocycles. The van der Waals surface area contributed by atoms with Crippen LogP contribution in [0.1, 0.15) is 30.9 Å². The molecule has 0 bridgehead atoms. The van der Waals surface area contributed by atoms with E-state index in [0.29, 0.717) is 44.9 Å². The van der Waals surface area contributed by atoms with Crippen molar-refractivity contribution in [2.75, 3.05) is 46.4 Å². The van der Waals surface area contributed by atoms with Crippen LogP contribution in [0.5, 0.6) is 0 Å². The summed E-state index contributed by atoms with van der Waals surface area (Å²) < 4.78 is 33.5. The quantitative estimate of drug-likeness (QED) is 0.639. The molecule has 2 aromatic carbocycles. The zero-order valence-electron chi connectivity index (χ0n) is 20.5. The molecule has 1 amide bonds. The summed E-state index contributed by atoms with van der Waals surface area (Å²) in [5, 5.41) is 11.6. The van der Waals surface area contributed by atoms with Crippen molar-refractivity contribution in [3.8, 4) is 0 Å². The highest BCUT2D eigenvalue weighted by Crippen LogP contribution is 2.43. The number of piperidine rings is 1. The van der Waals surface area contributed by atoms with Crippen molar-refractivity contribution in [1.82, 2.24) is 9.80 Å². The molecule has 8 heteroatoms. The Kier molecular flexibility index (Phi) is 8.91. The van der Waals surface area contributed by atoms with E-state index >= 15 is 0 Å². The summed E-state index contributed by atoms with van der Waals surface area (Å²) in [5.41, 5.74) is 0.208. The fraction of sp³-hybridized carbons (Fsp3) is 0.519. The van der Waals surface area contributed by atoms with Crippen LogP contribution >= 0.6 is 12.4 Å². The summed E-state index contributed by atoms with van der Waals surface area (Å²) in [6.07, 6.45) is 0. The van der Waals surface area contributed by atoms with Crippen molar-refractivity contribution >= 4 is 18.3 Å². The van der Waals surface area contributed by atoms with E-state index in [1.807, 2.05) is 49.1 Å². The summed E-state index contributed by atoms with van der Waals surface area (Å²) >= 11 is 0. The molecule has 0 spiro atoms. The Morgan fingerprint density at radius 2 is 1.71 bits per heavy atom. The minimum atomic E-state index is -1.03. The number of carbonyl (C=O) groups excluding carboxylic acids is 1. The van der Waals surface area contributed by atoms with Gasteiger partial charge in [-0.25, -0.2) is 8.78 Å². The molecule has 35 heavy (non-hydrogen) atoms. The van der Waals surface area contributed by atoms with Gasteiger partial charge >= 0.3 is 0 Å². The average Bonchev–Trinajstić information content (AvgIpc) is 3.24. The van der Waals surface area contributed by atoms with E-state index in [-0.39, 0.29) is 36.1 Å². The second kappa shape index (κ2) is 11.3. The molecule has 2 unspecified atom stereocenters. The van der Waals surface area contributed by atoms with Crippen molar-refractivity contribution in [1.29, 1.82) is 0 Å². The highest BCUT2D eigenvalue weighted by molar-refractivity contribution is 5.85. The van der Waals surface area contributed by atoms with Crippen LogP contribution in [0.25, 0.3) is 0 Å². The summed E-state index contributed by atoms with van der Waals surface area (Å²) in [6.45, 7) is 6.94. The maximum Gasteiger partial charge on any atom is 0.227 e. The van der Waals surface area contributed by atoms with Gasteiger partial charge in [0.15, 0.2) is 0 Å². The van der Waals surface area contributed by atoms with Crippen LogP contribution in [-0.4, -0.2) is 67.3 Å². The summed E-state index contributed by atoms with van der Waals surface area (Å²) in [7, 11) is 1.63. The van der Waals surface area contributed by atoms with Crippen LogP contribution in [0.3, 0.4) is 0 Å². The molecule has 2 heterocycles. The Morgan fingerprint density at radius 1 is 1.06 bits per heavy atom. The Morgan fingerprint density at radius 3 is 2.31 bits per heavy atom. The van der Waals surface area contributed by atoms with Gasteiger partial charge < -0.3 is 14.7 Å².